The van der Waals surface area contributed by atoms with E-state index in [0.29, 0.717) is 25.2 Å². The van der Waals surface area contributed by atoms with Gasteiger partial charge in [0.2, 0.25) is 5.91 Å². The molecule has 2 rings (SSSR count). The zero-order valence-corrected chi connectivity index (χ0v) is 13.3. The second kappa shape index (κ2) is 6.44. The molecule has 0 aromatic carbocycles. The Kier molecular flexibility index (Phi) is 5.08. The Bertz CT molecular complexity index is 328. The van der Waals surface area contributed by atoms with E-state index in [9.17, 15) is 9.90 Å². The minimum atomic E-state index is -0.742. The Balaban J connectivity index is 1.93. The summed E-state index contributed by atoms with van der Waals surface area (Å²) in [6.07, 6.45) is 7.25. The Labute approximate surface area is 123 Å². The lowest BCUT2D eigenvalue weighted by atomic mass is 10.1. The highest BCUT2D eigenvalue weighted by Gasteiger charge is 2.38. The van der Waals surface area contributed by atoms with Crippen LogP contribution < -0.4 is 0 Å². The summed E-state index contributed by atoms with van der Waals surface area (Å²) in [6, 6.07) is 0.988. The van der Waals surface area contributed by atoms with Gasteiger partial charge in [-0.2, -0.15) is 0 Å². The van der Waals surface area contributed by atoms with E-state index in [2.05, 4.69) is 16.7 Å². The lowest BCUT2D eigenvalue weighted by molar-refractivity contribution is -0.135. The first kappa shape index (κ1) is 15.8. The zero-order valence-electron chi connectivity index (χ0n) is 13.3. The Morgan fingerprint density at radius 1 is 1.15 bits per heavy atom. The third-order valence-corrected chi connectivity index (χ3v) is 4.36. The zero-order chi connectivity index (χ0) is 14.8. The summed E-state index contributed by atoms with van der Waals surface area (Å²) < 4.78 is 0. The number of carbonyl (C=O) groups excluding carboxylic acids is 1. The van der Waals surface area contributed by atoms with E-state index in [1.807, 2.05) is 0 Å². The fourth-order valence-corrected chi connectivity index (χ4v) is 3.34. The molecule has 2 aliphatic carbocycles. The van der Waals surface area contributed by atoms with Gasteiger partial charge in [-0.05, 0) is 46.1 Å². The Hall–Kier alpha value is -0.610. The van der Waals surface area contributed by atoms with Crippen molar-refractivity contribution in [2.75, 3.05) is 19.6 Å². The highest BCUT2D eigenvalue weighted by atomic mass is 16.3. The molecule has 0 radical (unpaired) electrons. The number of carbonyl (C=O) groups is 1. The van der Waals surface area contributed by atoms with Gasteiger partial charge in [0.25, 0.3) is 0 Å². The van der Waals surface area contributed by atoms with Crippen LogP contribution in [0.1, 0.15) is 59.3 Å². The number of amides is 1. The standard InChI is InChI=1S/C16H30N2O2/c1-4-17(12-16(2,3)20)11-15(19)18(14-9-10-14)13-7-5-6-8-13/h13-14,20H,4-12H2,1-3H3. The van der Waals surface area contributed by atoms with Crippen molar-refractivity contribution >= 4 is 5.91 Å². The van der Waals surface area contributed by atoms with Crippen LogP contribution in [0.25, 0.3) is 0 Å². The monoisotopic (exact) mass is 282 g/mol. The van der Waals surface area contributed by atoms with Crippen LogP contribution >= 0.6 is 0 Å². The van der Waals surface area contributed by atoms with Crippen molar-refractivity contribution in [3.63, 3.8) is 0 Å². The van der Waals surface area contributed by atoms with Crippen LogP contribution in [0.15, 0.2) is 0 Å². The van der Waals surface area contributed by atoms with E-state index in [1.54, 1.807) is 13.8 Å². The van der Waals surface area contributed by atoms with Gasteiger partial charge in [-0.1, -0.05) is 19.8 Å². The SMILES string of the molecule is CCN(CC(=O)N(C1CCCC1)C1CC1)CC(C)(C)O. The lowest BCUT2D eigenvalue weighted by Crippen LogP contribution is -2.48. The van der Waals surface area contributed by atoms with Gasteiger partial charge in [-0.25, -0.2) is 0 Å². The summed E-state index contributed by atoms with van der Waals surface area (Å²) in [4.78, 5) is 16.9. The van der Waals surface area contributed by atoms with Crippen LogP contribution in [-0.4, -0.2) is 58.1 Å². The van der Waals surface area contributed by atoms with Gasteiger partial charge in [0.1, 0.15) is 0 Å². The van der Waals surface area contributed by atoms with Crippen LogP contribution in [0.2, 0.25) is 0 Å². The molecule has 1 N–H and O–H groups in total. The topological polar surface area (TPSA) is 43.8 Å². The van der Waals surface area contributed by atoms with Gasteiger partial charge in [-0.3, -0.25) is 9.69 Å². The largest absolute Gasteiger partial charge is 0.389 e. The van der Waals surface area contributed by atoms with Gasteiger partial charge in [-0.15, -0.1) is 0 Å². The van der Waals surface area contributed by atoms with E-state index >= 15 is 0 Å². The van der Waals surface area contributed by atoms with E-state index in [-0.39, 0.29) is 5.91 Å². The van der Waals surface area contributed by atoms with Crippen LogP contribution in [-0.2, 0) is 4.79 Å². The second-order valence-electron chi connectivity index (χ2n) is 7.09. The summed E-state index contributed by atoms with van der Waals surface area (Å²) in [6.45, 7) is 7.46. The minimum absolute atomic E-state index is 0.269. The van der Waals surface area contributed by atoms with E-state index in [0.717, 1.165) is 6.54 Å². The molecule has 0 heterocycles. The molecule has 0 bridgehead atoms. The van der Waals surface area contributed by atoms with Crippen molar-refractivity contribution in [1.82, 2.24) is 9.80 Å². The van der Waals surface area contributed by atoms with E-state index < -0.39 is 5.60 Å². The lowest BCUT2D eigenvalue weighted by Gasteiger charge is -2.33. The third kappa shape index (κ3) is 4.45. The van der Waals surface area contributed by atoms with Gasteiger partial charge in [0, 0.05) is 18.6 Å². The first-order valence-corrected chi connectivity index (χ1v) is 8.16. The Morgan fingerprint density at radius 2 is 1.70 bits per heavy atom. The van der Waals surface area contributed by atoms with Crippen molar-refractivity contribution in [2.24, 2.45) is 0 Å². The van der Waals surface area contributed by atoms with Gasteiger partial charge in [0.05, 0.1) is 12.1 Å². The molecule has 1 amide bonds. The first-order valence-electron chi connectivity index (χ1n) is 8.16. The molecule has 0 aromatic heterocycles. The number of hydrogen-bond donors (Lipinski definition) is 1. The van der Waals surface area contributed by atoms with Gasteiger partial charge in [0.15, 0.2) is 0 Å². The molecule has 0 spiro atoms. The molecule has 0 atom stereocenters. The molecule has 0 unspecified atom stereocenters. The number of likely N-dealkylation sites (N-methyl/N-ethyl adjacent to an activating group) is 1. The molecule has 4 nitrogen and oxygen atoms in total. The minimum Gasteiger partial charge on any atom is -0.389 e. The van der Waals surface area contributed by atoms with Crippen LogP contribution in [0.3, 0.4) is 0 Å². The van der Waals surface area contributed by atoms with Crippen LogP contribution in [0.4, 0.5) is 0 Å². The summed E-state index contributed by atoms with van der Waals surface area (Å²) in [5.41, 5.74) is -0.742. The molecule has 20 heavy (non-hydrogen) atoms. The predicted molar refractivity (Wildman–Crippen MR) is 80.5 cm³/mol. The smallest absolute Gasteiger partial charge is 0.237 e. The number of rotatable bonds is 7. The summed E-state index contributed by atoms with van der Waals surface area (Å²) in [5, 5.41) is 9.94. The molecular weight excluding hydrogens is 252 g/mol. The van der Waals surface area contributed by atoms with E-state index in [4.69, 9.17) is 0 Å². The van der Waals surface area contributed by atoms with Gasteiger partial charge < -0.3 is 10.0 Å². The highest BCUT2D eigenvalue weighted by Crippen LogP contribution is 2.34. The fourth-order valence-electron chi connectivity index (χ4n) is 3.34. The van der Waals surface area contributed by atoms with Crippen LogP contribution in [0.5, 0.6) is 0 Å². The maximum atomic E-state index is 12.7. The molecular formula is C16H30N2O2. The second-order valence-corrected chi connectivity index (χ2v) is 7.09. The van der Waals surface area contributed by atoms with Crippen molar-refractivity contribution in [3.8, 4) is 0 Å². The summed E-state index contributed by atoms with van der Waals surface area (Å²) >= 11 is 0. The molecule has 2 saturated carbocycles. The maximum Gasteiger partial charge on any atom is 0.237 e. The number of hydrogen-bond acceptors (Lipinski definition) is 3. The highest BCUT2D eigenvalue weighted by molar-refractivity contribution is 5.79. The van der Waals surface area contributed by atoms with Crippen molar-refractivity contribution < 1.29 is 9.90 Å². The molecule has 2 aliphatic rings. The summed E-state index contributed by atoms with van der Waals surface area (Å²) in [7, 11) is 0. The van der Waals surface area contributed by atoms with E-state index in [1.165, 1.54) is 38.5 Å². The van der Waals surface area contributed by atoms with Crippen molar-refractivity contribution in [2.45, 2.75) is 77.0 Å². The molecule has 116 valence electrons. The van der Waals surface area contributed by atoms with Gasteiger partial charge >= 0.3 is 0 Å². The third-order valence-electron chi connectivity index (χ3n) is 4.36. The molecule has 0 aromatic rings. The maximum absolute atomic E-state index is 12.7. The molecule has 2 fully saturated rings. The molecule has 4 heteroatoms. The normalized spacial score (nSPS) is 20.6. The number of nitrogens with zero attached hydrogens (tertiary/aromatic N) is 2. The fraction of sp³-hybridized carbons (Fsp3) is 0.938. The predicted octanol–water partition coefficient (Wildman–Crippen LogP) is 2.01. The Morgan fingerprint density at radius 3 is 2.15 bits per heavy atom. The first-order chi connectivity index (χ1) is 9.40. The average Bonchev–Trinajstić information content (AvgIpc) is 3.01. The van der Waals surface area contributed by atoms with Crippen molar-refractivity contribution in [1.29, 1.82) is 0 Å². The summed E-state index contributed by atoms with van der Waals surface area (Å²) in [5.74, 6) is 0.269. The van der Waals surface area contributed by atoms with Crippen LogP contribution in [0, 0.1) is 0 Å². The quantitative estimate of drug-likeness (QED) is 0.777. The number of aliphatic hydroxyl groups is 1. The average molecular weight is 282 g/mol. The molecule has 0 saturated heterocycles. The molecule has 0 aliphatic heterocycles. The van der Waals surface area contributed by atoms with Crippen molar-refractivity contribution in [3.05, 3.63) is 0 Å².